The molecular weight excluding hydrogens is 516 g/mol. The van der Waals surface area contributed by atoms with Gasteiger partial charge in [-0.25, -0.2) is 18.4 Å². The second-order valence-corrected chi connectivity index (χ2v) is 10.2. The van der Waals surface area contributed by atoms with E-state index in [0.29, 0.717) is 16.9 Å². The summed E-state index contributed by atoms with van der Waals surface area (Å²) >= 11 is 0. The standard InChI is InChI=1S/C30H22N2O6S/c31-39(36,37)27-14-4-3-10-23(27)20-15-17-21(18-16-20)29(33)32-28-24(30(34)35)11-6-13-26(28)38-25-12-5-8-19-7-1-2-9-22(19)25/h1-18H,(H,32,33)(H,34,35)(H2,31,36,37). The fourth-order valence-electron chi connectivity index (χ4n) is 4.27. The van der Waals surface area contributed by atoms with E-state index >= 15 is 0 Å². The summed E-state index contributed by atoms with van der Waals surface area (Å²) in [6.45, 7) is 0. The van der Waals surface area contributed by atoms with E-state index in [0.717, 1.165) is 10.8 Å². The Kier molecular flexibility index (Phi) is 6.84. The lowest BCUT2D eigenvalue weighted by Crippen LogP contribution is -2.16. The van der Waals surface area contributed by atoms with E-state index < -0.39 is 21.9 Å². The maximum Gasteiger partial charge on any atom is 0.337 e. The molecule has 9 heteroatoms. The first-order valence-corrected chi connectivity index (χ1v) is 13.3. The number of nitrogens with two attached hydrogens (primary N) is 1. The Morgan fingerprint density at radius 1 is 0.744 bits per heavy atom. The van der Waals surface area contributed by atoms with Gasteiger partial charge >= 0.3 is 5.97 Å². The Morgan fingerprint density at radius 2 is 1.38 bits per heavy atom. The van der Waals surface area contributed by atoms with Gasteiger partial charge in [0.25, 0.3) is 5.91 Å². The lowest BCUT2D eigenvalue weighted by atomic mass is 10.0. The van der Waals surface area contributed by atoms with Gasteiger partial charge in [0.1, 0.15) is 5.75 Å². The van der Waals surface area contributed by atoms with Crippen molar-refractivity contribution in [2.24, 2.45) is 5.14 Å². The van der Waals surface area contributed by atoms with Gasteiger partial charge in [0.05, 0.1) is 16.1 Å². The molecule has 0 aliphatic rings. The predicted molar refractivity (Wildman–Crippen MR) is 149 cm³/mol. The molecule has 0 saturated carbocycles. The molecule has 0 bridgehead atoms. The van der Waals surface area contributed by atoms with Crippen molar-refractivity contribution in [3.63, 3.8) is 0 Å². The summed E-state index contributed by atoms with van der Waals surface area (Å²) in [7, 11) is -3.95. The summed E-state index contributed by atoms with van der Waals surface area (Å²) in [5, 5.41) is 19.6. The summed E-state index contributed by atoms with van der Waals surface area (Å²) in [5.41, 5.74) is 1.03. The number of primary sulfonamides is 1. The number of carbonyl (C=O) groups excluding carboxylic acids is 1. The SMILES string of the molecule is NS(=O)(=O)c1ccccc1-c1ccc(C(=O)Nc2c(Oc3cccc4ccccc34)cccc2C(=O)O)cc1. The Bertz CT molecular complexity index is 1830. The highest BCUT2D eigenvalue weighted by Crippen LogP contribution is 2.36. The van der Waals surface area contributed by atoms with Gasteiger partial charge in [-0.1, -0.05) is 72.8 Å². The van der Waals surface area contributed by atoms with Crippen molar-refractivity contribution in [2.45, 2.75) is 4.90 Å². The van der Waals surface area contributed by atoms with Gasteiger partial charge in [-0.15, -0.1) is 0 Å². The maximum absolute atomic E-state index is 13.2. The van der Waals surface area contributed by atoms with Gasteiger partial charge in [0.15, 0.2) is 5.75 Å². The molecule has 0 atom stereocenters. The molecule has 0 heterocycles. The minimum Gasteiger partial charge on any atom is -0.478 e. The smallest absolute Gasteiger partial charge is 0.337 e. The van der Waals surface area contributed by atoms with E-state index in [2.05, 4.69) is 5.32 Å². The number of para-hydroxylation sites is 1. The van der Waals surface area contributed by atoms with Crippen molar-refractivity contribution in [1.29, 1.82) is 0 Å². The summed E-state index contributed by atoms with van der Waals surface area (Å²) < 4.78 is 30.1. The number of amides is 1. The third-order valence-electron chi connectivity index (χ3n) is 6.12. The van der Waals surface area contributed by atoms with Crippen molar-refractivity contribution in [3.05, 3.63) is 120 Å². The molecule has 8 nitrogen and oxygen atoms in total. The van der Waals surface area contributed by atoms with Crippen LogP contribution in [0, 0.1) is 0 Å². The number of anilines is 1. The third-order valence-corrected chi connectivity index (χ3v) is 7.09. The molecule has 0 aromatic heterocycles. The van der Waals surface area contributed by atoms with Gasteiger partial charge in [-0.2, -0.15) is 0 Å². The molecule has 0 unspecified atom stereocenters. The molecule has 0 aliphatic carbocycles. The monoisotopic (exact) mass is 538 g/mol. The van der Waals surface area contributed by atoms with Crippen LogP contribution in [0.25, 0.3) is 21.9 Å². The number of hydrogen-bond acceptors (Lipinski definition) is 5. The normalized spacial score (nSPS) is 11.2. The fourth-order valence-corrected chi connectivity index (χ4v) is 5.03. The number of rotatable bonds is 7. The number of hydrogen-bond donors (Lipinski definition) is 3. The van der Waals surface area contributed by atoms with E-state index in [9.17, 15) is 23.1 Å². The van der Waals surface area contributed by atoms with Crippen molar-refractivity contribution in [3.8, 4) is 22.6 Å². The number of fused-ring (bicyclic) bond motifs is 1. The van der Waals surface area contributed by atoms with Crippen LogP contribution in [0.1, 0.15) is 20.7 Å². The highest BCUT2D eigenvalue weighted by molar-refractivity contribution is 7.89. The second-order valence-electron chi connectivity index (χ2n) is 8.64. The van der Waals surface area contributed by atoms with E-state index in [1.54, 1.807) is 42.5 Å². The van der Waals surface area contributed by atoms with Gasteiger partial charge in [-0.3, -0.25) is 4.79 Å². The molecule has 5 aromatic rings. The van der Waals surface area contributed by atoms with Crippen molar-refractivity contribution < 1.29 is 27.9 Å². The molecule has 4 N–H and O–H groups in total. The summed E-state index contributed by atoms with van der Waals surface area (Å²) in [5.74, 6) is -1.14. The quantitative estimate of drug-likeness (QED) is 0.236. The van der Waals surface area contributed by atoms with Crippen molar-refractivity contribution in [1.82, 2.24) is 0 Å². The second kappa shape index (κ2) is 10.4. The first kappa shape index (κ1) is 25.7. The zero-order chi connectivity index (χ0) is 27.6. The lowest BCUT2D eigenvalue weighted by molar-refractivity contribution is 0.0697. The van der Waals surface area contributed by atoms with E-state index in [-0.39, 0.29) is 27.5 Å². The number of nitrogens with one attached hydrogen (secondary N) is 1. The number of carbonyl (C=O) groups is 2. The molecule has 194 valence electrons. The van der Waals surface area contributed by atoms with Gasteiger partial charge < -0.3 is 15.2 Å². The Hall–Kier alpha value is -4.99. The Balaban J connectivity index is 1.47. The van der Waals surface area contributed by atoms with E-state index in [4.69, 9.17) is 9.88 Å². The van der Waals surface area contributed by atoms with Gasteiger partial charge in [-0.05, 0) is 47.3 Å². The van der Waals surface area contributed by atoms with Crippen LogP contribution in [-0.2, 0) is 10.0 Å². The zero-order valence-electron chi connectivity index (χ0n) is 20.4. The van der Waals surface area contributed by atoms with E-state index in [1.165, 1.54) is 30.3 Å². The first-order chi connectivity index (χ1) is 18.7. The highest BCUT2D eigenvalue weighted by atomic mass is 32.2. The first-order valence-electron chi connectivity index (χ1n) is 11.8. The number of aromatic carboxylic acids is 1. The predicted octanol–water partition coefficient (Wildman–Crippen LogP) is 5.90. The average Bonchev–Trinajstić information content (AvgIpc) is 2.93. The molecule has 0 fully saturated rings. The fraction of sp³-hybridized carbons (Fsp3) is 0. The number of sulfonamides is 1. The average molecular weight is 539 g/mol. The van der Waals surface area contributed by atoms with Crippen LogP contribution in [0.4, 0.5) is 5.69 Å². The lowest BCUT2D eigenvalue weighted by Gasteiger charge is -2.16. The maximum atomic E-state index is 13.2. The van der Waals surface area contributed by atoms with Crippen molar-refractivity contribution in [2.75, 3.05) is 5.32 Å². The zero-order valence-corrected chi connectivity index (χ0v) is 21.2. The summed E-state index contributed by atoms with van der Waals surface area (Å²) in [4.78, 5) is 25.2. The molecule has 5 rings (SSSR count). The molecule has 0 radical (unpaired) electrons. The summed E-state index contributed by atoms with van der Waals surface area (Å²) in [6.07, 6.45) is 0. The molecule has 0 aliphatic heterocycles. The van der Waals surface area contributed by atoms with E-state index in [1.807, 2.05) is 36.4 Å². The highest BCUT2D eigenvalue weighted by Gasteiger charge is 2.20. The Morgan fingerprint density at radius 3 is 2.13 bits per heavy atom. The topological polar surface area (TPSA) is 136 Å². The molecule has 0 spiro atoms. The van der Waals surface area contributed by atoms with Crippen LogP contribution in [-0.4, -0.2) is 25.4 Å². The molecular formula is C30H22N2O6S. The molecule has 5 aromatic carbocycles. The number of benzene rings is 5. The number of carboxylic acids is 1. The number of carboxylic acid groups (broad SMARTS) is 1. The molecule has 1 amide bonds. The minimum absolute atomic E-state index is 0.00609. The van der Waals surface area contributed by atoms with Crippen LogP contribution in [0.5, 0.6) is 11.5 Å². The van der Waals surface area contributed by atoms with Crippen LogP contribution in [0.2, 0.25) is 0 Å². The molecule has 0 saturated heterocycles. The number of ether oxygens (including phenoxy) is 1. The Labute approximate surface area is 224 Å². The van der Waals surface area contributed by atoms with Crippen LogP contribution >= 0.6 is 0 Å². The van der Waals surface area contributed by atoms with Crippen LogP contribution < -0.4 is 15.2 Å². The van der Waals surface area contributed by atoms with Gasteiger partial charge in [0, 0.05) is 16.5 Å². The van der Waals surface area contributed by atoms with Crippen molar-refractivity contribution >= 4 is 38.4 Å². The summed E-state index contributed by atoms with van der Waals surface area (Å²) in [6, 6.07) is 30.1. The van der Waals surface area contributed by atoms with Gasteiger partial charge in [0.2, 0.25) is 10.0 Å². The molecule has 39 heavy (non-hydrogen) atoms. The van der Waals surface area contributed by atoms with Crippen LogP contribution in [0.15, 0.2) is 114 Å². The largest absolute Gasteiger partial charge is 0.478 e. The van der Waals surface area contributed by atoms with Crippen LogP contribution in [0.3, 0.4) is 0 Å². The third kappa shape index (κ3) is 5.35. The minimum atomic E-state index is -3.95.